The van der Waals surface area contributed by atoms with Crippen molar-refractivity contribution >= 4 is 11.8 Å². The summed E-state index contributed by atoms with van der Waals surface area (Å²) in [7, 11) is 1.63. The molecule has 23 heavy (non-hydrogen) atoms. The lowest BCUT2D eigenvalue weighted by atomic mass is 10.2. The van der Waals surface area contributed by atoms with Gasteiger partial charge in [-0.2, -0.15) is 0 Å². The molecule has 124 valence electrons. The van der Waals surface area contributed by atoms with Gasteiger partial charge in [0.05, 0.1) is 13.2 Å². The molecule has 6 heteroatoms. The van der Waals surface area contributed by atoms with Crippen LogP contribution in [0.3, 0.4) is 0 Å². The summed E-state index contributed by atoms with van der Waals surface area (Å²) >= 11 is 0. The molecule has 1 aromatic rings. The molecule has 2 atom stereocenters. The van der Waals surface area contributed by atoms with Crippen LogP contribution in [0.4, 0.5) is 0 Å². The zero-order valence-corrected chi connectivity index (χ0v) is 13.4. The van der Waals surface area contributed by atoms with Crippen molar-refractivity contribution < 1.29 is 14.3 Å². The van der Waals surface area contributed by atoms with Gasteiger partial charge in [0.1, 0.15) is 11.8 Å². The summed E-state index contributed by atoms with van der Waals surface area (Å²) < 4.78 is 5.14. The average molecular weight is 317 g/mol. The fourth-order valence-corrected chi connectivity index (χ4v) is 3.16. The third-order valence-electron chi connectivity index (χ3n) is 4.52. The highest BCUT2D eigenvalue weighted by molar-refractivity contribution is 5.91. The van der Waals surface area contributed by atoms with E-state index in [1.165, 1.54) is 0 Å². The number of nitrogens with zero attached hydrogens (tertiary/aromatic N) is 1. The van der Waals surface area contributed by atoms with Crippen LogP contribution in [0.5, 0.6) is 5.75 Å². The molecule has 3 rings (SSSR count). The highest BCUT2D eigenvalue weighted by Gasteiger charge is 2.34. The molecular formula is C17H23N3O3. The third kappa shape index (κ3) is 3.64. The number of ether oxygens (including phenoxy) is 1. The molecule has 0 bridgehead atoms. The Hall–Kier alpha value is -2.08. The molecule has 2 amide bonds. The van der Waals surface area contributed by atoms with E-state index in [-0.39, 0.29) is 23.9 Å². The minimum Gasteiger partial charge on any atom is -0.497 e. The van der Waals surface area contributed by atoms with E-state index in [0.29, 0.717) is 19.5 Å². The first-order chi connectivity index (χ1) is 11.2. The first-order valence-corrected chi connectivity index (χ1v) is 8.13. The van der Waals surface area contributed by atoms with Gasteiger partial charge in [0.25, 0.3) is 0 Å². The Balaban J connectivity index is 1.54. The number of rotatable bonds is 5. The van der Waals surface area contributed by atoms with Crippen LogP contribution in [0.15, 0.2) is 24.3 Å². The van der Waals surface area contributed by atoms with Crippen molar-refractivity contribution in [3.8, 4) is 5.75 Å². The van der Waals surface area contributed by atoms with Crippen LogP contribution in [0, 0.1) is 0 Å². The van der Waals surface area contributed by atoms with Crippen LogP contribution in [0.2, 0.25) is 0 Å². The van der Waals surface area contributed by atoms with Crippen molar-refractivity contribution in [2.75, 3.05) is 20.2 Å². The molecular weight excluding hydrogens is 294 g/mol. The predicted molar refractivity (Wildman–Crippen MR) is 86.0 cm³/mol. The van der Waals surface area contributed by atoms with Crippen molar-refractivity contribution in [3.63, 3.8) is 0 Å². The summed E-state index contributed by atoms with van der Waals surface area (Å²) in [6.45, 7) is 2.12. The summed E-state index contributed by atoms with van der Waals surface area (Å²) in [5.74, 6) is 0.759. The number of benzene rings is 1. The normalized spacial score (nSPS) is 24.0. The lowest BCUT2D eigenvalue weighted by Gasteiger charge is -2.18. The number of amides is 2. The van der Waals surface area contributed by atoms with Gasteiger partial charge < -0.3 is 20.3 Å². The van der Waals surface area contributed by atoms with Gasteiger partial charge >= 0.3 is 0 Å². The molecule has 2 aliphatic rings. The Morgan fingerprint density at radius 3 is 2.78 bits per heavy atom. The zero-order chi connectivity index (χ0) is 16.2. The van der Waals surface area contributed by atoms with Gasteiger partial charge in [-0.25, -0.2) is 0 Å². The molecule has 2 unspecified atom stereocenters. The molecule has 0 aliphatic carbocycles. The third-order valence-corrected chi connectivity index (χ3v) is 4.52. The summed E-state index contributed by atoms with van der Waals surface area (Å²) in [5, 5.41) is 6.05. The molecule has 0 radical (unpaired) electrons. The van der Waals surface area contributed by atoms with Gasteiger partial charge in [0.15, 0.2) is 0 Å². The lowest BCUT2D eigenvalue weighted by molar-refractivity contribution is -0.133. The maximum absolute atomic E-state index is 12.4. The van der Waals surface area contributed by atoms with Crippen LogP contribution in [0.25, 0.3) is 0 Å². The van der Waals surface area contributed by atoms with E-state index < -0.39 is 0 Å². The minimum absolute atomic E-state index is 0.00663. The van der Waals surface area contributed by atoms with E-state index in [1.54, 1.807) is 12.0 Å². The van der Waals surface area contributed by atoms with Crippen molar-refractivity contribution in [2.45, 2.75) is 37.9 Å². The van der Waals surface area contributed by atoms with Crippen molar-refractivity contribution in [1.29, 1.82) is 0 Å². The molecule has 2 fully saturated rings. The molecule has 2 saturated heterocycles. The number of carbonyl (C=O) groups is 2. The molecule has 0 aromatic heterocycles. The number of methoxy groups -OCH3 is 1. The average Bonchev–Trinajstić information content (AvgIpc) is 3.21. The maximum atomic E-state index is 12.4. The standard InChI is InChI=1S/C17H23N3O3/c1-23-13-6-4-12(5-7-13)11-20-10-8-15(17(20)22)19-16(21)14-3-2-9-18-14/h4-7,14-15,18H,2-3,8-11H2,1H3,(H,19,21). The first kappa shape index (κ1) is 15.8. The molecule has 0 spiro atoms. The summed E-state index contributed by atoms with van der Waals surface area (Å²) in [6, 6.07) is 7.17. The molecule has 1 aromatic carbocycles. The second-order valence-electron chi connectivity index (χ2n) is 6.11. The van der Waals surface area contributed by atoms with Crippen LogP contribution in [0.1, 0.15) is 24.8 Å². The number of nitrogens with one attached hydrogen (secondary N) is 2. The van der Waals surface area contributed by atoms with Gasteiger partial charge in [0.2, 0.25) is 11.8 Å². The van der Waals surface area contributed by atoms with Gasteiger partial charge in [0, 0.05) is 13.1 Å². The van der Waals surface area contributed by atoms with Crippen LogP contribution >= 0.6 is 0 Å². The number of hydrogen-bond acceptors (Lipinski definition) is 4. The largest absolute Gasteiger partial charge is 0.497 e. The van der Waals surface area contributed by atoms with Crippen LogP contribution < -0.4 is 15.4 Å². The van der Waals surface area contributed by atoms with Crippen molar-refractivity contribution in [3.05, 3.63) is 29.8 Å². The molecule has 0 saturated carbocycles. The predicted octanol–water partition coefficient (Wildman–Crippen LogP) is 0.664. The summed E-state index contributed by atoms with van der Waals surface area (Å²) in [4.78, 5) is 26.4. The second kappa shape index (κ2) is 7.00. The fraction of sp³-hybridized carbons (Fsp3) is 0.529. The van der Waals surface area contributed by atoms with Gasteiger partial charge in [-0.05, 0) is 43.5 Å². The Morgan fingerprint density at radius 2 is 2.13 bits per heavy atom. The first-order valence-electron chi connectivity index (χ1n) is 8.13. The smallest absolute Gasteiger partial charge is 0.245 e. The van der Waals surface area contributed by atoms with Crippen molar-refractivity contribution in [1.82, 2.24) is 15.5 Å². The van der Waals surface area contributed by atoms with Gasteiger partial charge in [-0.1, -0.05) is 12.1 Å². The van der Waals surface area contributed by atoms with E-state index in [0.717, 1.165) is 30.7 Å². The Labute approximate surface area is 136 Å². The van der Waals surface area contributed by atoms with E-state index in [2.05, 4.69) is 10.6 Å². The van der Waals surface area contributed by atoms with Crippen LogP contribution in [-0.2, 0) is 16.1 Å². The lowest BCUT2D eigenvalue weighted by Crippen LogP contribution is -2.48. The minimum atomic E-state index is -0.386. The van der Waals surface area contributed by atoms with Crippen LogP contribution in [-0.4, -0.2) is 49.0 Å². The SMILES string of the molecule is COc1ccc(CN2CCC(NC(=O)C3CCCN3)C2=O)cc1. The maximum Gasteiger partial charge on any atom is 0.245 e. The fourth-order valence-electron chi connectivity index (χ4n) is 3.16. The van der Waals surface area contributed by atoms with E-state index in [4.69, 9.17) is 4.74 Å². The summed E-state index contributed by atoms with van der Waals surface area (Å²) in [6.07, 6.45) is 2.54. The molecule has 2 N–H and O–H groups in total. The molecule has 2 aliphatic heterocycles. The second-order valence-corrected chi connectivity index (χ2v) is 6.11. The van der Waals surface area contributed by atoms with Gasteiger partial charge in [-0.3, -0.25) is 9.59 Å². The number of likely N-dealkylation sites (tertiary alicyclic amines) is 1. The quantitative estimate of drug-likeness (QED) is 0.837. The molecule has 6 nitrogen and oxygen atoms in total. The van der Waals surface area contributed by atoms with E-state index >= 15 is 0 Å². The highest BCUT2D eigenvalue weighted by atomic mass is 16.5. The topological polar surface area (TPSA) is 70.7 Å². The summed E-state index contributed by atoms with van der Waals surface area (Å²) in [5.41, 5.74) is 1.06. The Bertz CT molecular complexity index is 567. The highest BCUT2D eigenvalue weighted by Crippen LogP contribution is 2.18. The van der Waals surface area contributed by atoms with Gasteiger partial charge in [-0.15, -0.1) is 0 Å². The number of hydrogen-bond donors (Lipinski definition) is 2. The Kier molecular flexibility index (Phi) is 4.81. The van der Waals surface area contributed by atoms with E-state index in [9.17, 15) is 9.59 Å². The van der Waals surface area contributed by atoms with E-state index in [1.807, 2.05) is 24.3 Å². The zero-order valence-electron chi connectivity index (χ0n) is 13.4. The number of carbonyl (C=O) groups excluding carboxylic acids is 2. The Morgan fingerprint density at radius 1 is 1.35 bits per heavy atom. The van der Waals surface area contributed by atoms with Crippen molar-refractivity contribution in [2.24, 2.45) is 0 Å². The monoisotopic (exact) mass is 317 g/mol. The molecule has 2 heterocycles.